The molecule has 0 aliphatic carbocycles. The van der Waals surface area contributed by atoms with Crippen LogP contribution in [0.3, 0.4) is 0 Å². The van der Waals surface area contributed by atoms with E-state index < -0.39 is 34.8 Å². The number of rotatable bonds is 7. The minimum atomic E-state index is -4.92. The lowest BCUT2D eigenvalue weighted by Crippen LogP contribution is -2.48. The zero-order valence-corrected chi connectivity index (χ0v) is 21.8. The van der Waals surface area contributed by atoms with Gasteiger partial charge in [0, 0.05) is 13.7 Å². The Morgan fingerprint density at radius 2 is 1.87 bits per heavy atom. The number of amides is 2. The van der Waals surface area contributed by atoms with Gasteiger partial charge in [-0.15, -0.1) is 0 Å². The molecule has 2 amide bonds. The number of nitrogens with zero attached hydrogens (tertiary/aromatic N) is 3. The quantitative estimate of drug-likeness (QED) is 0.479. The van der Waals surface area contributed by atoms with Crippen molar-refractivity contribution in [2.45, 2.75) is 37.8 Å². The standard InChI is InChI=1S/C24H28F6N4O3S/c1-33(2)18(13-37-3)21(35)31-20-19(38-22(36)32-20)10-14-6-8-34(9-7-14)12-15-4-5-16(23(25,26)27)11-17(15)24(28,29)30/h4-5,10-11,14,18H,6-9,12-13H2,1-3H3,(H,31,32,35,36)/b19-10-/t18-/m1/s1. The highest BCUT2D eigenvalue weighted by Gasteiger charge is 2.38. The minimum absolute atomic E-state index is 0.0277. The molecule has 38 heavy (non-hydrogen) atoms. The zero-order valence-electron chi connectivity index (χ0n) is 20.9. The van der Waals surface area contributed by atoms with Crippen LogP contribution in [0.1, 0.15) is 29.5 Å². The number of ether oxygens (including phenoxy) is 1. The van der Waals surface area contributed by atoms with E-state index in [-0.39, 0.29) is 42.4 Å². The third-order valence-electron chi connectivity index (χ3n) is 6.28. The van der Waals surface area contributed by atoms with E-state index in [1.54, 1.807) is 23.9 Å². The SMILES string of the molecule is COC[C@H](C(=O)NC1=NC(=O)S/C1=C\C1CCN(Cc2ccc(C(F)(F)F)cc2C(F)(F)F)CC1)N(C)C. The molecule has 1 atom stereocenters. The largest absolute Gasteiger partial charge is 0.416 e. The molecule has 0 bridgehead atoms. The molecule has 2 aliphatic rings. The van der Waals surface area contributed by atoms with Gasteiger partial charge in [0.2, 0.25) is 5.91 Å². The number of thioether (sulfide) groups is 1. The summed E-state index contributed by atoms with van der Waals surface area (Å²) >= 11 is 0.883. The molecular weight excluding hydrogens is 538 g/mol. The van der Waals surface area contributed by atoms with E-state index in [4.69, 9.17) is 4.74 Å². The first kappa shape index (κ1) is 30.1. The van der Waals surface area contributed by atoms with Crippen molar-refractivity contribution < 1.29 is 40.7 Å². The average molecular weight is 567 g/mol. The number of alkyl halides is 6. The maximum atomic E-state index is 13.5. The van der Waals surface area contributed by atoms with Crippen molar-refractivity contribution in [1.82, 2.24) is 15.1 Å². The number of amidine groups is 1. The van der Waals surface area contributed by atoms with E-state index in [0.717, 1.165) is 17.8 Å². The molecule has 14 heteroatoms. The number of hydrogen-bond donors (Lipinski definition) is 1. The van der Waals surface area contributed by atoms with E-state index >= 15 is 0 Å². The maximum Gasteiger partial charge on any atom is 0.416 e. The Hall–Kier alpha value is -2.42. The van der Waals surface area contributed by atoms with Crippen molar-refractivity contribution in [2.24, 2.45) is 10.9 Å². The van der Waals surface area contributed by atoms with Crippen molar-refractivity contribution in [3.63, 3.8) is 0 Å². The molecule has 1 fully saturated rings. The third-order valence-corrected chi connectivity index (χ3v) is 7.10. The van der Waals surface area contributed by atoms with E-state index in [2.05, 4.69) is 10.3 Å². The summed E-state index contributed by atoms with van der Waals surface area (Å²) < 4.78 is 84.3. The molecule has 7 nitrogen and oxygen atoms in total. The Morgan fingerprint density at radius 1 is 1.21 bits per heavy atom. The van der Waals surface area contributed by atoms with Gasteiger partial charge >= 0.3 is 17.6 Å². The lowest BCUT2D eigenvalue weighted by atomic mass is 9.95. The summed E-state index contributed by atoms with van der Waals surface area (Å²) in [7, 11) is 4.90. The van der Waals surface area contributed by atoms with Gasteiger partial charge in [-0.3, -0.25) is 19.4 Å². The van der Waals surface area contributed by atoms with Crippen molar-refractivity contribution in [1.29, 1.82) is 0 Å². The molecular formula is C24H28F6N4O3S. The first-order valence-corrected chi connectivity index (χ1v) is 12.5. The fourth-order valence-corrected chi connectivity index (χ4v) is 5.00. The van der Waals surface area contributed by atoms with Crippen LogP contribution in [0.5, 0.6) is 0 Å². The summed E-state index contributed by atoms with van der Waals surface area (Å²) in [5, 5.41) is 2.20. The Balaban J connectivity index is 1.65. The van der Waals surface area contributed by atoms with E-state index in [0.29, 0.717) is 36.9 Å². The second-order valence-corrected chi connectivity index (χ2v) is 10.3. The summed E-state index contributed by atoms with van der Waals surface area (Å²) in [4.78, 5) is 32.4. The second kappa shape index (κ2) is 12.2. The molecule has 3 rings (SSSR count). The number of likely N-dealkylation sites (N-methyl/N-ethyl adjacent to an activating group) is 1. The molecule has 1 N–H and O–H groups in total. The lowest BCUT2D eigenvalue weighted by Gasteiger charge is -2.31. The number of nitrogens with one attached hydrogen (secondary N) is 1. The normalized spacial score (nSPS) is 19.8. The van der Waals surface area contributed by atoms with Crippen LogP contribution < -0.4 is 5.32 Å². The molecule has 0 saturated carbocycles. The number of aliphatic imine (C=N–C) groups is 1. The number of carbonyl (C=O) groups excluding carboxylic acids is 2. The second-order valence-electron chi connectivity index (χ2n) is 9.26. The van der Waals surface area contributed by atoms with Crippen LogP contribution in [-0.4, -0.2) is 73.7 Å². The van der Waals surface area contributed by atoms with Crippen LogP contribution in [0.4, 0.5) is 31.1 Å². The van der Waals surface area contributed by atoms with Crippen molar-refractivity contribution in [3.05, 3.63) is 45.9 Å². The van der Waals surface area contributed by atoms with Crippen LogP contribution >= 0.6 is 11.8 Å². The van der Waals surface area contributed by atoms with Gasteiger partial charge in [-0.1, -0.05) is 12.1 Å². The minimum Gasteiger partial charge on any atom is -0.383 e. The summed E-state index contributed by atoms with van der Waals surface area (Å²) in [6, 6.07) is 1.11. The van der Waals surface area contributed by atoms with Gasteiger partial charge in [0.15, 0.2) is 5.84 Å². The van der Waals surface area contributed by atoms with Gasteiger partial charge in [0.25, 0.3) is 0 Å². The summed E-state index contributed by atoms with van der Waals surface area (Å²) in [6.07, 6.45) is -6.87. The zero-order chi connectivity index (χ0) is 28.3. The Labute approximate surface area is 220 Å². The molecule has 0 spiro atoms. The fourth-order valence-electron chi connectivity index (χ4n) is 4.22. The lowest BCUT2D eigenvalue weighted by molar-refractivity contribution is -0.143. The van der Waals surface area contributed by atoms with Gasteiger partial charge in [-0.2, -0.15) is 31.3 Å². The number of methoxy groups -OCH3 is 1. The van der Waals surface area contributed by atoms with Crippen LogP contribution in [-0.2, 0) is 28.4 Å². The predicted octanol–water partition coefficient (Wildman–Crippen LogP) is 4.78. The highest BCUT2D eigenvalue weighted by Crippen LogP contribution is 2.38. The predicted molar refractivity (Wildman–Crippen MR) is 130 cm³/mol. The van der Waals surface area contributed by atoms with E-state index in [1.165, 1.54) is 7.11 Å². The molecule has 210 valence electrons. The first-order valence-electron chi connectivity index (χ1n) is 11.7. The van der Waals surface area contributed by atoms with Crippen LogP contribution in [0.15, 0.2) is 34.2 Å². The topological polar surface area (TPSA) is 74.2 Å². The summed E-state index contributed by atoms with van der Waals surface area (Å²) in [5.74, 6) is -0.265. The summed E-state index contributed by atoms with van der Waals surface area (Å²) in [6.45, 7) is 0.804. The highest BCUT2D eigenvalue weighted by molar-refractivity contribution is 8.18. The number of hydrogen-bond acceptors (Lipinski definition) is 6. The number of allylic oxidation sites excluding steroid dienone is 1. The van der Waals surface area contributed by atoms with Crippen molar-refractivity contribution in [3.8, 4) is 0 Å². The van der Waals surface area contributed by atoms with Crippen molar-refractivity contribution >= 4 is 28.7 Å². The molecule has 0 unspecified atom stereocenters. The van der Waals surface area contributed by atoms with Crippen LogP contribution in [0.25, 0.3) is 0 Å². The molecule has 0 aromatic heterocycles. The van der Waals surface area contributed by atoms with Gasteiger partial charge in [0.1, 0.15) is 6.04 Å². The Morgan fingerprint density at radius 3 is 2.42 bits per heavy atom. The first-order chi connectivity index (χ1) is 17.7. The molecule has 0 radical (unpaired) electrons. The number of likely N-dealkylation sites (tertiary alicyclic amines) is 1. The Bertz CT molecular complexity index is 1100. The highest BCUT2D eigenvalue weighted by atomic mass is 32.2. The summed E-state index contributed by atoms with van der Waals surface area (Å²) in [5.41, 5.74) is -2.85. The van der Waals surface area contributed by atoms with Gasteiger partial charge in [-0.05, 0) is 75.4 Å². The van der Waals surface area contributed by atoms with Gasteiger partial charge in [0.05, 0.1) is 22.6 Å². The molecule has 2 aliphatic heterocycles. The van der Waals surface area contributed by atoms with Crippen molar-refractivity contribution in [2.75, 3.05) is 40.9 Å². The average Bonchev–Trinajstić information content (AvgIpc) is 3.15. The Kier molecular flexibility index (Phi) is 9.66. The smallest absolute Gasteiger partial charge is 0.383 e. The molecule has 1 aromatic carbocycles. The number of benzene rings is 1. The molecule has 2 heterocycles. The van der Waals surface area contributed by atoms with Gasteiger partial charge < -0.3 is 10.1 Å². The number of halogens is 6. The fraction of sp³-hybridized carbons (Fsp3) is 0.542. The maximum absolute atomic E-state index is 13.5. The third kappa shape index (κ3) is 7.80. The van der Waals surface area contributed by atoms with Crippen LogP contribution in [0, 0.1) is 5.92 Å². The number of carbonyl (C=O) groups is 2. The monoisotopic (exact) mass is 566 g/mol. The molecule has 1 aromatic rings. The number of piperidine rings is 1. The van der Waals surface area contributed by atoms with Gasteiger partial charge in [-0.25, -0.2) is 0 Å². The molecule has 1 saturated heterocycles. The van der Waals surface area contributed by atoms with E-state index in [1.807, 2.05) is 6.08 Å². The van der Waals surface area contributed by atoms with Crippen LogP contribution in [0.2, 0.25) is 0 Å². The van der Waals surface area contributed by atoms with E-state index in [9.17, 15) is 35.9 Å².